The number of nitrogens with zero attached hydrogens (tertiary/aromatic N) is 2. The zero-order chi connectivity index (χ0) is 10.7. The summed E-state index contributed by atoms with van der Waals surface area (Å²) < 4.78 is 0. The van der Waals surface area contributed by atoms with Crippen LogP contribution in [0.2, 0.25) is 0 Å². The van der Waals surface area contributed by atoms with Crippen LogP contribution in [-0.4, -0.2) is 21.3 Å². The predicted octanol–water partition coefficient (Wildman–Crippen LogP) is 1.68. The molecule has 0 radical (unpaired) electrons. The Bertz CT molecular complexity index is 348. The van der Waals surface area contributed by atoms with Gasteiger partial charge in [0, 0.05) is 0 Å². The second kappa shape index (κ2) is 4.17. The fourth-order valence-corrected chi connectivity index (χ4v) is 1.23. The van der Waals surface area contributed by atoms with E-state index in [9.17, 15) is 4.79 Å². The average Bonchev–Trinajstić information content (AvgIpc) is 2.07. The van der Waals surface area contributed by atoms with E-state index in [0.29, 0.717) is 11.6 Å². The van der Waals surface area contributed by atoms with Gasteiger partial charge < -0.3 is 5.11 Å². The molecule has 14 heavy (non-hydrogen) atoms. The predicted molar refractivity (Wildman–Crippen MR) is 52.3 cm³/mol. The van der Waals surface area contributed by atoms with Gasteiger partial charge in [-0.25, -0.2) is 4.79 Å². The molecule has 1 aromatic heterocycles. The van der Waals surface area contributed by atoms with Gasteiger partial charge in [0.2, 0.25) is 0 Å². The molecule has 4 nitrogen and oxygen atoms in total. The van der Waals surface area contributed by atoms with Crippen LogP contribution in [0.15, 0.2) is 6.07 Å². The highest BCUT2D eigenvalue weighted by atomic mass is 16.4. The second-order valence-electron chi connectivity index (χ2n) is 3.74. The highest BCUT2D eigenvalue weighted by Gasteiger charge is 2.10. The average molecular weight is 194 g/mol. The van der Waals surface area contributed by atoms with Crippen molar-refractivity contribution in [3.8, 4) is 0 Å². The number of hydrogen-bond donors (Lipinski definition) is 1. The summed E-state index contributed by atoms with van der Waals surface area (Å²) in [5.41, 5.74) is 1.45. The van der Waals surface area contributed by atoms with E-state index in [0.717, 1.165) is 12.1 Å². The van der Waals surface area contributed by atoms with Gasteiger partial charge >= 0.3 is 5.97 Å². The van der Waals surface area contributed by atoms with Gasteiger partial charge in [0.05, 0.1) is 17.0 Å². The number of carbonyl (C=O) groups is 1. The summed E-state index contributed by atoms with van der Waals surface area (Å²) in [5, 5.41) is 16.6. The van der Waals surface area contributed by atoms with Crippen molar-refractivity contribution in [3.05, 3.63) is 23.0 Å². The van der Waals surface area contributed by atoms with Gasteiger partial charge in [0.1, 0.15) is 0 Å². The molecule has 76 valence electrons. The molecule has 1 rings (SSSR count). The van der Waals surface area contributed by atoms with E-state index >= 15 is 0 Å². The zero-order valence-corrected chi connectivity index (χ0v) is 8.61. The Morgan fingerprint density at radius 1 is 1.50 bits per heavy atom. The van der Waals surface area contributed by atoms with Crippen LogP contribution in [0.5, 0.6) is 0 Å². The summed E-state index contributed by atoms with van der Waals surface area (Å²) in [7, 11) is 0. The lowest BCUT2D eigenvalue weighted by molar-refractivity contribution is 0.0695. The van der Waals surface area contributed by atoms with Crippen molar-refractivity contribution in [2.24, 2.45) is 5.92 Å². The molecule has 0 aromatic carbocycles. The lowest BCUT2D eigenvalue weighted by Crippen LogP contribution is -2.07. The zero-order valence-electron chi connectivity index (χ0n) is 8.61. The fraction of sp³-hybridized carbons (Fsp3) is 0.500. The molecule has 1 N–H and O–H groups in total. The summed E-state index contributed by atoms with van der Waals surface area (Å²) in [6, 6.07) is 1.60. The largest absolute Gasteiger partial charge is 0.478 e. The normalized spacial score (nSPS) is 10.6. The van der Waals surface area contributed by atoms with Crippen LogP contribution in [0.4, 0.5) is 0 Å². The first-order valence-electron chi connectivity index (χ1n) is 4.57. The van der Waals surface area contributed by atoms with Crippen LogP contribution < -0.4 is 0 Å². The molecule has 0 saturated heterocycles. The first kappa shape index (κ1) is 10.6. The Hall–Kier alpha value is -1.45. The number of aromatic nitrogens is 2. The molecule has 0 aliphatic rings. The molecule has 0 unspecified atom stereocenters. The van der Waals surface area contributed by atoms with E-state index in [1.165, 1.54) is 0 Å². The minimum Gasteiger partial charge on any atom is -0.478 e. The minimum atomic E-state index is -0.942. The maximum absolute atomic E-state index is 10.8. The lowest BCUT2D eigenvalue weighted by Gasteiger charge is -2.05. The van der Waals surface area contributed by atoms with Crippen LogP contribution in [0.1, 0.15) is 35.6 Å². The van der Waals surface area contributed by atoms with Crippen LogP contribution in [0.25, 0.3) is 0 Å². The summed E-state index contributed by atoms with van der Waals surface area (Å²) in [4.78, 5) is 10.8. The van der Waals surface area contributed by atoms with Gasteiger partial charge in [-0.1, -0.05) is 13.8 Å². The van der Waals surface area contributed by atoms with Crippen LogP contribution in [-0.2, 0) is 6.42 Å². The van der Waals surface area contributed by atoms with Crippen molar-refractivity contribution in [2.45, 2.75) is 27.2 Å². The summed E-state index contributed by atoms with van der Waals surface area (Å²) in [6.45, 7) is 5.76. The Kier molecular flexibility index (Phi) is 3.17. The lowest BCUT2D eigenvalue weighted by atomic mass is 10.1. The van der Waals surface area contributed by atoms with Gasteiger partial charge in [-0.05, 0) is 25.3 Å². The van der Waals surface area contributed by atoms with Gasteiger partial charge in [-0.3, -0.25) is 0 Å². The first-order valence-corrected chi connectivity index (χ1v) is 4.57. The first-order chi connectivity index (χ1) is 6.50. The van der Waals surface area contributed by atoms with Crippen LogP contribution >= 0.6 is 0 Å². The molecular formula is C10H14N2O2. The third kappa shape index (κ3) is 2.52. The van der Waals surface area contributed by atoms with Crippen molar-refractivity contribution >= 4 is 5.97 Å². The molecule has 0 aliphatic heterocycles. The van der Waals surface area contributed by atoms with Crippen molar-refractivity contribution in [3.63, 3.8) is 0 Å². The number of rotatable bonds is 3. The maximum Gasteiger partial charge on any atom is 0.337 e. The van der Waals surface area contributed by atoms with Crippen molar-refractivity contribution in [1.82, 2.24) is 10.2 Å². The van der Waals surface area contributed by atoms with E-state index in [-0.39, 0.29) is 5.56 Å². The van der Waals surface area contributed by atoms with Crippen molar-refractivity contribution in [2.75, 3.05) is 0 Å². The van der Waals surface area contributed by atoms with Crippen molar-refractivity contribution < 1.29 is 9.90 Å². The molecule has 0 aliphatic carbocycles. The van der Waals surface area contributed by atoms with Gasteiger partial charge in [0.25, 0.3) is 0 Å². The van der Waals surface area contributed by atoms with Gasteiger partial charge in [-0.15, -0.1) is 0 Å². The number of aromatic carboxylic acids is 1. The number of hydrogen-bond acceptors (Lipinski definition) is 3. The quantitative estimate of drug-likeness (QED) is 0.795. The van der Waals surface area contributed by atoms with Crippen LogP contribution in [0.3, 0.4) is 0 Å². The van der Waals surface area contributed by atoms with E-state index in [1.807, 2.05) is 0 Å². The summed E-state index contributed by atoms with van der Waals surface area (Å²) in [5.74, 6) is -0.490. The highest BCUT2D eigenvalue weighted by Crippen LogP contribution is 2.09. The highest BCUT2D eigenvalue weighted by molar-refractivity contribution is 5.88. The Balaban J connectivity index is 3.00. The van der Waals surface area contributed by atoms with Crippen molar-refractivity contribution in [1.29, 1.82) is 0 Å². The third-order valence-corrected chi connectivity index (χ3v) is 1.88. The molecular weight excluding hydrogens is 180 g/mol. The second-order valence-corrected chi connectivity index (χ2v) is 3.74. The molecule has 1 aromatic rings. The minimum absolute atomic E-state index is 0.246. The Morgan fingerprint density at radius 3 is 2.64 bits per heavy atom. The molecule has 0 spiro atoms. The molecule has 0 atom stereocenters. The Morgan fingerprint density at radius 2 is 2.14 bits per heavy atom. The smallest absolute Gasteiger partial charge is 0.337 e. The Labute approximate surface area is 83.0 Å². The summed E-state index contributed by atoms with van der Waals surface area (Å²) >= 11 is 0. The monoisotopic (exact) mass is 194 g/mol. The standard InChI is InChI=1S/C10H14N2O2/c1-6(2)4-8-5-9(10(13)14)7(3)11-12-8/h5-6H,4H2,1-3H3,(H,13,14). The number of carboxylic acid groups (broad SMARTS) is 1. The topological polar surface area (TPSA) is 63.1 Å². The van der Waals surface area contributed by atoms with E-state index in [4.69, 9.17) is 5.11 Å². The fourth-order valence-electron chi connectivity index (χ4n) is 1.23. The molecule has 0 fully saturated rings. The molecule has 0 amide bonds. The molecule has 1 heterocycles. The van der Waals surface area contributed by atoms with Gasteiger partial charge in [-0.2, -0.15) is 10.2 Å². The third-order valence-electron chi connectivity index (χ3n) is 1.88. The SMILES string of the molecule is Cc1nnc(CC(C)C)cc1C(=O)O. The molecule has 4 heteroatoms. The number of carboxylic acids is 1. The van der Waals surface area contributed by atoms with E-state index < -0.39 is 5.97 Å². The van der Waals surface area contributed by atoms with Gasteiger partial charge in [0.15, 0.2) is 0 Å². The molecule has 0 saturated carbocycles. The van der Waals surface area contributed by atoms with E-state index in [2.05, 4.69) is 24.0 Å². The maximum atomic E-state index is 10.8. The molecule has 0 bridgehead atoms. The number of aryl methyl sites for hydroxylation is 1. The van der Waals surface area contributed by atoms with Crippen LogP contribution in [0, 0.1) is 12.8 Å². The summed E-state index contributed by atoms with van der Waals surface area (Å²) in [6.07, 6.45) is 0.758. The van der Waals surface area contributed by atoms with E-state index in [1.54, 1.807) is 13.0 Å².